The lowest BCUT2D eigenvalue weighted by molar-refractivity contribution is -0.118. The number of amides is 2. The van der Waals surface area contributed by atoms with Crippen LogP contribution < -0.4 is 21.5 Å². The zero-order valence-corrected chi connectivity index (χ0v) is 22.3. The van der Waals surface area contributed by atoms with E-state index in [0.717, 1.165) is 0 Å². The molecule has 2 heterocycles. The Morgan fingerprint density at radius 2 is 0.905 bits per heavy atom. The molecule has 10 nitrogen and oxygen atoms in total. The molecule has 0 unspecified atom stereocenters. The summed E-state index contributed by atoms with van der Waals surface area (Å²) in [4.78, 5) is 57.4. The minimum atomic E-state index is -0.278. The number of aromatic hydroxyl groups is 2. The summed E-state index contributed by atoms with van der Waals surface area (Å²) in [5.74, 6) is -0.682. The molecule has 6 N–H and O–H groups in total. The van der Waals surface area contributed by atoms with Crippen molar-refractivity contribution >= 4 is 66.8 Å². The van der Waals surface area contributed by atoms with Crippen molar-refractivity contribution in [1.82, 2.24) is 9.97 Å². The molecule has 4 aromatic carbocycles. The lowest BCUT2D eigenvalue weighted by Gasteiger charge is -2.11. The van der Waals surface area contributed by atoms with Crippen LogP contribution in [0, 0.1) is 0 Å². The maximum absolute atomic E-state index is 12.9. The molecule has 0 aliphatic heterocycles. The van der Waals surface area contributed by atoms with Gasteiger partial charge < -0.3 is 30.8 Å². The van der Waals surface area contributed by atoms with E-state index >= 15 is 0 Å². The molecule has 0 saturated carbocycles. The van der Waals surface area contributed by atoms with E-state index in [9.17, 15) is 29.4 Å². The van der Waals surface area contributed by atoms with Crippen molar-refractivity contribution in [2.45, 2.75) is 25.7 Å². The molecule has 0 fully saturated rings. The number of anilines is 2. The Kier molecular flexibility index (Phi) is 6.79. The smallest absolute Gasteiger partial charge is 0.224 e. The molecular formula is C32H26N4O6. The highest BCUT2D eigenvalue weighted by molar-refractivity contribution is 6.05. The Hall–Kier alpha value is -5.64. The monoisotopic (exact) mass is 562 g/mol. The highest BCUT2D eigenvalue weighted by atomic mass is 16.3. The van der Waals surface area contributed by atoms with Gasteiger partial charge in [0, 0.05) is 34.4 Å². The minimum absolute atomic E-state index is 0.0627. The van der Waals surface area contributed by atoms with Crippen LogP contribution in [0.15, 0.2) is 82.4 Å². The fourth-order valence-electron chi connectivity index (χ4n) is 5.22. The number of nitrogens with one attached hydrogen (secondary N) is 4. The normalized spacial score (nSPS) is 11.3. The van der Waals surface area contributed by atoms with Crippen molar-refractivity contribution in [2.24, 2.45) is 0 Å². The summed E-state index contributed by atoms with van der Waals surface area (Å²) in [6.45, 7) is 0. The first-order valence-corrected chi connectivity index (χ1v) is 13.4. The van der Waals surface area contributed by atoms with E-state index in [4.69, 9.17) is 0 Å². The van der Waals surface area contributed by atoms with Crippen molar-refractivity contribution in [2.75, 3.05) is 10.6 Å². The number of unbranched alkanes of at least 4 members (excludes halogenated alkanes) is 1. The summed E-state index contributed by atoms with van der Waals surface area (Å²) >= 11 is 0. The number of para-hydroxylation sites is 4. The zero-order valence-electron chi connectivity index (χ0n) is 22.3. The van der Waals surface area contributed by atoms with Crippen molar-refractivity contribution in [3.05, 3.63) is 93.2 Å². The van der Waals surface area contributed by atoms with Crippen molar-refractivity contribution < 1.29 is 19.8 Å². The lowest BCUT2D eigenvalue weighted by atomic mass is 10.1. The molecule has 6 aromatic rings. The zero-order chi connectivity index (χ0) is 29.4. The van der Waals surface area contributed by atoms with Crippen LogP contribution in [0.1, 0.15) is 25.7 Å². The number of phenols is 2. The Balaban J connectivity index is 1.10. The van der Waals surface area contributed by atoms with Gasteiger partial charge in [-0.2, -0.15) is 0 Å². The molecule has 42 heavy (non-hydrogen) atoms. The molecule has 0 aliphatic rings. The van der Waals surface area contributed by atoms with Gasteiger partial charge in [0.05, 0.1) is 33.4 Å². The second-order valence-electron chi connectivity index (χ2n) is 10.1. The van der Waals surface area contributed by atoms with Crippen LogP contribution in [-0.2, 0) is 9.59 Å². The maximum Gasteiger partial charge on any atom is 0.224 e. The lowest BCUT2D eigenvalue weighted by Crippen LogP contribution is -2.15. The standard InChI is InChI=1S/C32H26N4O6/c37-23-13-5-9-19-29(23)35-27-17(31(19)41)7-3-11-21(27)33-25(39)15-1-2-16-26(40)34-22-12-4-8-18-28(22)36-30-20(32(18)42)10-6-14-24(30)38/h3-14,37-38H,1-2,15-16H2,(H,33,39)(H,34,40)(H,35,41)(H,36,42). The van der Waals surface area contributed by atoms with Crippen LogP contribution >= 0.6 is 0 Å². The molecule has 0 atom stereocenters. The van der Waals surface area contributed by atoms with Crippen LogP contribution in [0.4, 0.5) is 11.4 Å². The molecule has 2 aromatic heterocycles. The predicted octanol–water partition coefficient (Wildman–Crippen LogP) is 5.22. The van der Waals surface area contributed by atoms with Crippen LogP contribution in [0.5, 0.6) is 11.5 Å². The molecule has 6 rings (SSSR count). The van der Waals surface area contributed by atoms with E-state index in [1.807, 2.05) is 0 Å². The van der Waals surface area contributed by atoms with Crippen LogP contribution in [0.3, 0.4) is 0 Å². The number of rotatable bonds is 7. The van der Waals surface area contributed by atoms with Gasteiger partial charge >= 0.3 is 0 Å². The van der Waals surface area contributed by atoms with E-state index in [2.05, 4.69) is 20.6 Å². The SMILES string of the molecule is O=C(CCCCC(=O)Nc1cccc2c(=O)c3cccc(O)c3[nH]c12)Nc1cccc2c(=O)c3cccc(O)c3[nH]c12. The fraction of sp³-hybridized carbons (Fsp3) is 0.125. The molecule has 10 heteroatoms. The van der Waals surface area contributed by atoms with Crippen LogP contribution in [0.2, 0.25) is 0 Å². The van der Waals surface area contributed by atoms with Gasteiger partial charge in [0.2, 0.25) is 11.8 Å². The number of aromatic nitrogens is 2. The minimum Gasteiger partial charge on any atom is -0.506 e. The average Bonchev–Trinajstić information content (AvgIpc) is 2.97. The quantitative estimate of drug-likeness (QED) is 0.115. The Morgan fingerprint density at radius 3 is 1.31 bits per heavy atom. The number of carbonyl (C=O) groups is 2. The summed E-state index contributed by atoms with van der Waals surface area (Å²) in [6.07, 6.45) is 1.18. The molecule has 2 amide bonds. The van der Waals surface area contributed by atoms with Gasteiger partial charge in [-0.15, -0.1) is 0 Å². The number of aromatic amines is 2. The highest BCUT2D eigenvalue weighted by Crippen LogP contribution is 2.28. The van der Waals surface area contributed by atoms with Crippen LogP contribution in [-0.4, -0.2) is 32.0 Å². The third-order valence-corrected chi connectivity index (χ3v) is 7.30. The van der Waals surface area contributed by atoms with E-state index in [-0.39, 0.29) is 47.0 Å². The van der Waals surface area contributed by atoms with Gasteiger partial charge in [-0.1, -0.05) is 24.3 Å². The molecule has 0 radical (unpaired) electrons. The average molecular weight is 563 g/mol. The number of phenolic OH excluding ortho intramolecular Hbond substituents is 2. The van der Waals surface area contributed by atoms with Crippen molar-refractivity contribution in [3.8, 4) is 11.5 Å². The van der Waals surface area contributed by atoms with E-state index < -0.39 is 0 Å². The van der Waals surface area contributed by atoms with E-state index in [1.54, 1.807) is 60.7 Å². The molecule has 0 spiro atoms. The summed E-state index contributed by atoms with van der Waals surface area (Å²) in [5, 5.41) is 27.6. The first kappa shape index (κ1) is 26.6. The summed E-state index contributed by atoms with van der Waals surface area (Å²) < 4.78 is 0. The number of carbonyl (C=O) groups excluding carboxylic acids is 2. The molecular weight excluding hydrogens is 536 g/mol. The first-order chi connectivity index (χ1) is 20.3. The second kappa shape index (κ2) is 10.7. The molecule has 210 valence electrons. The third-order valence-electron chi connectivity index (χ3n) is 7.30. The largest absolute Gasteiger partial charge is 0.506 e. The highest BCUT2D eigenvalue weighted by Gasteiger charge is 2.14. The number of benzene rings is 4. The number of hydrogen-bond donors (Lipinski definition) is 6. The van der Waals surface area contributed by atoms with Crippen molar-refractivity contribution in [1.29, 1.82) is 0 Å². The van der Waals surface area contributed by atoms with Crippen molar-refractivity contribution in [3.63, 3.8) is 0 Å². The third kappa shape index (κ3) is 4.79. The van der Waals surface area contributed by atoms with Gasteiger partial charge in [-0.05, 0) is 61.4 Å². The number of hydrogen-bond acceptors (Lipinski definition) is 6. The summed E-state index contributed by atoms with van der Waals surface area (Å²) in [7, 11) is 0. The predicted molar refractivity (Wildman–Crippen MR) is 163 cm³/mol. The summed E-state index contributed by atoms with van der Waals surface area (Å²) in [5.41, 5.74) is 1.75. The van der Waals surface area contributed by atoms with Gasteiger partial charge in [-0.25, -0.2) is 0 Å². The number of pyridine rings is 2. The van der Waals surface area contributed by atoms with Gasteiger partial charge in [0.15, 0.2) is 10.9 Å². The maximum atomic E-state index is 12.9. The first-order valence-electron chi connectivity index (χ1n) is 13.4. The Morgan fingerprint density at radius 1 is 0.548 bits per heavy atom. The fourth-order valence-corrected chi connectivity index (χ4v) is 5.22. The summed E-state index contributed by atoms with van der Waals surface area (Å²) in [6, 6.07) is 19.4. The van der Waals surface area contributed by atoms with Gasteiger partial charge in [-0.3, -0.25) is 19.2 Å². The molecule has 0 saturated heterocycles. The van der Waals surface area contributed by atoms with E-state index in [0.29, 0.717) is 67.8 Å². The number of H-pyrrole nitrogens is 2. The molecule has 0 aliphatic carbocycles. The number of fused-ring (bicyclic) bond motifs is 4. The van der Waals surface area contributed by atoms with Gasteiger partial charge in [0.25, 0.3) is 0 Å². The van der Waals surface area contributed by atoms with Gasteiger partial charge in [0.1, 0.15) is 11.5 Å². The molecule has 0 bridgehead atoms. The Labute approximate surface area is 237 Å². The topological polar surface area (TPSA) is 164 Å². The van der Waals surface area contributed by atoms with E-state index in [1.165, 1.54) is 12.1 Å². The Bertz CT molecular complexity index is 2010. The van der Waals surface area contributed by atoms with Crippen LogP contribution in [0.25, 0.3) is 43.6 Å². The second-order valence-corrected chi connectivity index (χ2v) is 10.1.